The number of hydrogen-bond acceptors (Lipinski definition) is 6. The first kappa shape index (κ1) is 29.6. The Morgan fingerprint density at radius 3 is 2.00 bits per heavy atom. The number of ether oxygens (including phenoxy) is 1. The van der Waals surface area contributed by atoms with Gasteiger partial charge >= 0.3 is 0 Å². The maximum absolute atomic E-state index is 13.8. The van der Waals surface area contributed by atoms with Crippen LogP contribution in [0.2, 0.25) is 0 Å². The Labute approximate surface area is 236 Å². The molecule has 9 nitrogen and oxygen atoms in total. The van der Waals surface area contributed by atoms with Crippen LogP contribution in [0.1, 0.15) is 36.8 Å². The molecule has 3 aromatic carbocycles. The molecule has 0 spiro atoms. The third-order valence-electron chi connectivity index (χ3n) is 6.84. The lowest BCUT2D eigenvalue weighted by atomic mass is 10.2. The summed E-state index contributed by atoms with van der Waals surface area (Å²) in [4.78, 5) is 13.4. The van der Waals surface area contributed by atoms with Crippen molar-refractivity contribution in [1.82, 2.24) is 4.31 Å². The Bertz CT molecular complexity index is 1550. The number of rotatable bonds is 9. The molecule has 4 rings (SSSR count). The largest absolute Gasteiger partial charge is 0.495 e. The van der Waals surface area contributed by atoms with E-state index in [4.69, 9.17) is 4.74 Å². The number of carbonyl (C=O) groups excluding carboxylic acids is 1. The van der Waals surface area contributed by atoms with E-state index in [1.165, 1.54) is 47.8 Å². The van der Waals surface area contributed by atoms with Crippen LogP contribution in [-0.2, 0) is 24.8 Å². The number of amides is 1. The van der Waals surface area contributed by atoms with E-state index in [1.807, 2.05) is 13.8 Å². The zero-order valence-corrected chi connectivity index (χ0v) is 24.6. The molecule has 3 aromatic rings. The van der Waals surface area contributed by atoms with Crippen LogP contribution in [0.4, 0.5) is 11.4 Å². The second-order valence-electron chi connectivity index (χ2n) is 9.89. The summed E-state index contributed by atoms with van der Waals surface area (Å²) >= 11 is 0. The third-order valence-corrected chi connectivity index (χ3v) is 10.5. The zero-order valence-electron chi connectivity index (χ0n) is 23.0. The lowest BCUT2D eigenvalue weighted by Gasteiger charge is -2.26. The van der Waals surface area contributed by atoms with E-state index in [9.17, 15) is 21.6 Å². The molecule has 1 saturated heterocycles. The number of nitrogens with zero attached hydrogens (tertiary/aromatic N) is 2. The van der Waals surface area contributed by atoms with E-state index in [-0.39, 0.29) is 15.5 Å². The zero-order chi connectivity index (χ0) is 28.9. The van der Waals surface area contributed by atoms with Crippen molar-refractivity contribution in [3.63, 3.8) is 0 Å². The van der Waals surface area contributed by atoms with Gasteiger partial charge in [-0.2, -0.15) is 4.31 Å². The molecular weight excluding hydrogens is 550 g/mol. The van der Waals surface area contributed by atoms with Crippen molar-refractivity contribution < 1.29 is 26.4 Å². The van der Waals surface area contributed by atoms with Gasteiger partial charge in [0.15, 0.2) is 0 Å². The number of aryl methyl sites for hydroxylation is 2. The summed E-state index contributed by atoms with van der Waals surface area (Å²) in [7, 11) is -6.34. The van der Waals surface area contributed by atoms with Gasteiger partial charge in [0, 0.05) is 18.8 Å². The molecular formula is C29H35N3O6S2. The summed E-state index contributed by atoms with van der Waals surface area (Å²) in [5.74, 6) is -0.292. The average Bonchev–Trinajstić information content (AvgIpc) is 3.23. The van der Waals surface area contributed by atoms with Gasteiger partial charge < -0.3 is 10.1 Å². The van der Waals surface area contributed by atoms with Crippen molar-refractivity contribution in [3.05, 3.63) is 77.9 Å². The number of nitrogens with one attached hydrogen (secondary N) is 1. The van der Waals surface area contributed by atoms with Crippen molar-refractivity contribution >= 4 is 37.3 Å². The molecule has 40 heavy (non-hydrogen) atoms. The monoisotopic (exact) mass is 585 g/mol. The number of benzene rings is 3. The Morgan fingerprint density at radius 2 is 1.40 bits per heavy atom. The molecule has 1 N–H and O–H groups in total. The minimum Gasteiger partial charge on any atom is -0.495 e. The summed E-state index contributed by atoms with van der Waals surface area (Å²) in [6.07, 6.45) is 3.70. The van der Waals surface area contributed by atoms with Crippen molar-refractivity contribution in [1.29, 1.82) is 0 Å². The van der Waals surface area contributed by atoms with Gasteiger partial charge in [-0.1, -0.05) is 36.6 Å². The van der Waals surface area contributed by atoms with Crippen LogP contribution in [0.5, 0.6) is 5.75 Å². The fraction of sp³-hybridized carbons (Fsp3) is 0.345. The summed E-state index contributed by atoms with van der Waals surface area (Å²) in [6, 6.07) is 17.4. The summed E-state index contributed by atoms with van der Waals surface area (Å²) in [5.41, 5.74) is 2.28. The second-order valence-corrected chi connectivity index (χ2v) is 13.7. The lowest BCUT2D eigenvalue weighted by molar-refractivity contribution is -0.114. The van der Waals surface area contributed by atoms with Gasteiger partial charge in [0.2, 0.25) is 15.9 Å². The van der Waals surface area contributed by atoms with Crippen LogP contribution in [0.3, 0.4) is 0 Å². The molecule has 0 unspecified atom stereocenters. The molecule has 1 aliphatic rings. The first-order valence-corrected chi connectivity index (χ1v) is 16.0. The molecule has 1 fully saturated rings. The highest BCUT2D eigenvalue weighted by Gasteiger charge is 2.30. The molecule has 11 heteroatoms. The fourth-order valence-corrected chi connectivity index (χ4v) is 7.54. The number of methoxy groups -OCH3 is 1. The molecule has 0 bridgehead atoms. The molecule has 0 radical (unpaired) electrons. The molecule has 0 aliphatic carbocycles. The van der Waals surface area contributed by atoms with Crippen molar-refractivity contribution in [2.24, 2.45) is 0 Å². The lowest BCUT2D eigenvalue weighted by Crippen LogP contribution is -2.38. The maximum atomic E-state index is 13.8. The van der Waals surface area contributed by atoms with E-state index in [0.717, 1.165) is 41.1 Å². The Balaban J connectivity index is 1.59. The summed E-state index contributed by atoms with van der Waals surface area (Å²) in [5, 5.41) is 2.70. The normalized spacial score (nSPS) is 14.8. The molecule has 0 saturated carbocycles. The third kappa shape index (κ3) is 6.65. The van der Waals surface area contributed by atoms with Gasteiger partial charge in [0.1, 0.15) is 12.3 Å². The Hall–Kier alpha value is -3.41. The predicted molar refractivity (Wildman–Crippen MR) is 156 cm³/mol. The molecule has 1 amide bonds. The van der Waals surface area contributed by atoms with Gasteiger partial charge in [0.25, 0.3) is 10.0 Å². The van der Waals surface area contributed by atoms with Gasteiger partial charge in [-0.15, -0.1) is 0 Å². The SMILES string of the molecule is COc1ccc(C)cc1N(CC(=O)Nc1ccc(S(=O)(=O)N2CCCCCC2)cc1)S(=O)(=O)c1ccc(C)cc1. The van der Waals surface area contributed by atoms with E-state index in [1.54, 1.807) is 30.3 Å². The average molecular weight is 586 g/mol. The van der Waals surface area contributed by atoms with E-state index in [0.29, 0.717) is 24.5 Å². The number of carbonyl (C=O) groups is 1. The fourth-order valence-electron chi connectivity index (χ4n) is 4.60. The van der Waals surface area contributed by atoms with Crippen LogP contribution in [0, 0.1) is 13.8 Å². The van der Waals surface area contributed by atoms with Crippen LogP contribution in [-0.4, -0.2) is 53.8 Å². The molecule has 214 valence electrons. The summed E-state index contributed by atoms with van der Waals surface area (Å²) in [6.45, 7) is 4.14. The van der Waals surface area contributed by atoms with E-state index >= 15 is 0 Å². The van der Waals surface area contributed by atoms with Gasteiger partial charge in [-0.05, 0) is 80.8 Å². The molecule has 0 aromatic heterocycles. The van der Waals surface area contributed by atoms with Gasteiger partial charge in [-0.25, -0.2) is 16.8 Å². The van der Waals surface area contributed by atoms with E-state index < -0.39 is 32.5 Å². The van der Waals surface area contributed by atoms with E-state index in [2.05, 4.69) is 5.32 Å². The predicted octanol–water partition coefficient (Wildman–Crippen LogP) is 4.71. The van der Waals surface area contributed by atoms with Crippen molar-refractivity contribution in [2.45, 2.75) is 49.3 Å². The first-order valence-electron chi connectivity index (χ1n) is 13.2. The highest BCUT2D eigenvalue weighted by molar-refractivity contribution is 7.93. The second kappa shape index (κ2) is 12.4. The summed E-state index contributed by atoms with van der Waals surface area (Å²) < 4.78 is 61.7. The maximum Gasteiger partial charge on any atom is 0.264 e. The molecule has 1 heterocycles. The molecule has 0 atom stereocenters. The number of hydrogen-bond donors (Lipinski definition) is 1. The number of sulfonamides is 2. The van der Waals surface area contributed by atoms with Crippen LogP contribution >= 0.6 is 0 Å². The highest BCUT2D eigenvalue weighted by Crippen LogP contribution is 2.33. The minimum atomic E-state index is -4.14. The Morgan fingerprint density at radius 1 is 0.825 bits per heavy atom. The molecule has 1 aliphatic heterocycles. The first-order chi connectivity index (χ1) is 19.0. The topological polar surface area (TPSA) is 113 Å². The van der Waals surface area contributed by atoms with Crippen LogP contribution in [0.25, 0.3) is 0 Å². The standard InChI is InChI=1S/C29H35N3O6S2/c1-22-8-13-26(14-9-22)40(36,37)32(27-20-23(2)10-17-28(27)38-3)21-29(33)30-24-11-15-25(16-12-24)39(34,35)31-18-6-4-5-7-19-31/h8-17,20H,4-7,18-19,21H2,1-3H3,(H,30,33). The Kier molecular flexibility index (Phi) is 9.17. The van der Waals surface area contributed by atoms with Crippen LogP contribution < -0.4 is 14.4 Å². The van der Waals surface area contributed by atoms with Crippen LogP contribution in [0.15, 0.2) is 76.5 Å². The smallest absolute Gasteiger partial charge is 0.264 e. The van der Waals surface area contributed by atoms with Gasteiger partial charge in [-0.3, -0.25) is 9.10 Å². The van der Waals surface area contributed by atoms with Crippen molar-refractivity contribution in [3.8, 4) is 5.75 Å². The highest BCUT2D eigenvalue weighted by atomic mass is 32.2. The number of anilines is 2. The van der Waals surface area contributed by atoms with Gasteiger partial charge in [0.05, 0.1) is 22.6 Å². The van der Waals surface area contributed by atoms with Crippen molar-refractivity contribution in [2.75, 3.05) is 36.4 Å². The minimum absolute atomic E-state index is 0.0394. The quantitative estimate of drug-likeness (QED) is 0.389.